The second-order valence-electron chi connectivity index (χ2n) is 15.1. The molecule has 0 N–H and O–H groups in total. The van der Waals surface area contributed by atoms with Crippen LogP contribution in [0.1, 0.15) is 16.7 Å². The number of likely N-dealkylation sites (N-methyl/N-ethyl adjacent to an activating group) is 3. The van der Waals surface area contributed by atoms with Gasteiger partial charge in [0, 0.05) is 0 Å². The summed E-state index contributed by atoms with van der Waals surface area (Å²) in [6.45, 7) is 3.01. The maximum Gasteiger partial charge on any atom is 2.00 e. The number of rotatable bonds is 9. The molecule has 0 amide bonds. The average Bonchev–Trinajstić information content (AvgIpc) is 4.08. The van der Waals surface area contributed by atoms with Crippen molar-refractivity contribution in [2.75, 3.05) is 61.9 Å². The minimum Gasteiger partial charge on any atom is -1.00 e. The normalized spacial score (nSPS) is 9.23. The van der Waals surface area contributed by atoms with Crippen LogP contribution in [0.15, 0.2) is 218 Å². The molecule has 0 aliphatic carbocycles. The smallest absolute Gasteiger partial charge is 1.00 e. The van der Waals surface area contributed by atoms with Crippen LogP contribution < -0.4 is 37.2 Å². The van der Waals surface area contributed by atoms with Gasteiger partial charge in [-0.2, -0.15) is 125 Å². The van der Waals surface area contributed by atoms with Crippen molar-refractivity contribution in [3.8, 4) is 0 Å². The fraction of sp³-hybridized carbons (Fsp3) is 0.158. The molecule has 66 heavy (non-hydrogen) atoms. The Labute approximate surface area is 452 Å². The largest absolute Gasteiger partial charge is 2.00 e. The van der Waals surface area contributed by atoms with Gasteiger partial charge < -0.3 is 51.9 Å². The van der Waals surface area contributed by atoms with Crippen molar-refractivity contribution in [3.63, 3.8) is 0 Å². The second kappa shape index (κ2) is 40.3. The summed E-state index contributed by atoms with van der Waals surface area (Å²) < 4.78 is 0. The van der Waals surface area contributed by atoms with E-state index in [4.69, 9.17) is 0 Å². The first-order valence-electron chi connectivity index (χ1n) is 20.7. The Morgan fingerprint density at radius 2 is 0.515 bits per heavy atom. The maximum atomic E-state index is 2.21. The maximum absolute atomic E-state index is 2.21. The molecule has 0 unspecified atom stereocenters. The monoisotopic (exact) mass is 1050 g/mol. The molecular weight excluding hydrogens is 986 g/mol. The predicted octanol–water partition coefficient (Wildman–Crippen LogP) is 4.08. The minimum atomic E-state index is 0. The van der Waals surface area contributed by atoms with Crippen LogP contribution in [0, 0.1) is 19.3 Å². The summed E-state index contributed by atoms with van der Waals surface area (Å²) in [4.78, 5) is 6.44. The van der Waals surface area contributed by atoms with E-state index >= 15 is 0 Å². The number of hydrogen-bond donors (Lipinski definition) is 0. The summed E-state index contributed by atoms with van der Waals surface area (Å²) in [5.74, 6) is 0. The van der Waals surface area contributed by atoms with Crippen LogP contribution in [-0.4, -0.2) is 76.6 Å². The van der Waals surface area contributed by atoms with Crippen molar-refractivity contribution in [1.29, 1.82) is 0 Å². The fourth-order valence-electron chi connectivity index (χ4n) is 5.84. The predicted molar refractivity (Wildman–Crippen MR) is 264 cm³/mol. The van der Waals surface area contributed by atoms with E-state index in [1.165, 1.54) is 49.0 Å². The van der Waals surface area contributed by atoms with Crippen molar-refractivity contribution >= 4 is 32.3 Å². The first-order chi connectivity index (χ1) is 29.3. The SMILES string of the molecule is CN(C)C[CH-]c1ccccc1.CN(C)C[CH-]c1ccccc1.CN(C)C[CH-]c1ccccc1.[Cl-].[Cl-].[Cl-].[V+2].[V+2].[V+2].c1ccc2[cH-]ccc2c1.c1ccc2[cH-]ccc2c1.c1ccc2[cH-]ccc2c1. The Kier molecular flexibility index (Phi) is 40.7. The fourth-order valence-corrected chi connectivity index (χ4v) is 5.84. The molecule has 9 heteroatoms. The summed E-state index contributed by atoms with van der Waals surface area (Å²) in [6, 6.07) is 75.1. The molecule has 3 nitrogen and oxygen atoms in total. The molecule has 3 radical (unpaired) electrons. The Hall–Kier alpha value is -3.74. The molecule has 0 atom stereocenters. The molecule has 0 fully saturated rings. The number of halogens is 3. The van der Waals surface area contributed by atoms with E-state index in [-0.39, 0.29) is 92.9 Å². The van der Waals surface area contributed by atoms with Gasteiger partial charge >= 0.3 is 55.7 Å². The first-order valence-corrected chi connectivity index (χ1v) is 20.7. The van der Waals surface area contributed by atoms with Gasteiger partial charge in [-0.3, -0.25) is 0 Å². The average molecular weight is 1050 g/mol. The van der Waals surface area contributed by atoms with Gasteiger partial charge in [-0.15, -0.1) is 125 Å². The number of nitrogens with zero attached hydrogens (tertiary/aromatic N) is 3. The van der Waals surface area contributed by atoms with E-state index in [1.54, 1.807) is 0 Å². The molecule has 0 bridgehead atoms. The van der Waals surface area contributed by atoms with Gasteiger partial charge in [-0.1, -0.05) is 36.4 Å². The van der Waals surface area contributed by atoms with E-state index in [2.05, 4.69) is 276 Å². The van der Waals surface area contributed by atoms with Gasteiger partial charge in [-0.05, 0) is 61.9 Å². The zero-order valence-corrected chi connectivity index (χ0v) is 45.4. The van der Waals surface area contributed by atoms with Gasteiger partial charge in [0.1, 0.15) is 0 Å². The van der Waals surface area contributed by atoms with Crippen LogP contribution in [0.5, 0.6) is 0 Å². The Bertz CT molecular complexity index is 2040. The summed E-state index contributed by atoms with van der Waals surface area (Å²) in [7, 11) is 12.4. The molecule has 0 saturated carbocycles. The number of benzene rings is 6. The third-order valence-electron chi connectivity index (χ3n) is 9.12. The van der Waals surface area contributed by atoms with E-state index in [9.17, 15) is 0 Å². The van der Waals surface area contributed by atoms with Gasteiger partial charge in [0.2, 0.25) is 0 Å². The quantitative estimate of drug-likeness (QED) is 0.202. The van der Waals surface area contributed by atoms with Crippen LogP contribution >= 0.6 is 0 Å². The van der Waals surface area contributed by atoms with Crippen molar-refractivity contribution < 1.29 is 92.9 Å². The molecular formula is C57H63Cl3N3V3-3. The molecule has 0 saturated heterocycles. The minimum absolute atomic E-state index is 0. The van der Waals surface area contributed by atoms with Crippen molar-refractivity contribution in [3.05, 3.63) is 254 Å². The standard InChI is InChI=1S/3C10H14N.3C9H7.3ClH.3V/c3*1-11(2)9-8-10-6-4-3-5-7-10;3*1-2-5-9-7-3-6-8(9)4-1;;;;;;/h3*3-8H,9H2,1-2H3;3*1-7H;3*1H;;;/q6*-1;;;;3*+2/p-3. The van der Waals surface area contributed by atoms with Crippen LogP contribution in [0.2, 0.25) is 0 Å². The van der Waals surface area contributed by atoms with Crippen LogP contribution in [0.25, 0.3) is 32.3 Å². The molecule has 9 aromatic carbocycles. The van der Waals surface area contributed by atoms with Crippen molar-refractivity contribution in [2.24, 2.45) is 0 Å². The molecule has 9 aromatic rings. The third kappa shape index (κ3) is 28.4. The summed E-state index contributed by atoms with van der Waals surface area (Å²) in [6.07, 6.45) is 6.62. The number of hydrogen-bond acceptors (Lipinski definition) is 3. The van der Waals surface area contributed by atoms with E-state index in [0.29, 0.717) is 0 Å². The molecule has 9 rings (SSSR count). The zero-order valence-electron chi connectivity index (χ0n) is 39.0. The third-order valence-corrected chi connectivity index (χ3v) is 9.12. The second-order valence-corrected chi connectivity index (χ2v) is 15.1. The van der Waals surface area contributed by atoms with E-state index < -0.39 is 0 Å². The zero-order chi connectivity index (χ0) is 42.6. The Morgan fingerprint density at radius 3 is 0.727 bits per heavy atom. The number of fused-ring (bicyclic) bond motifs is 3. The van der Waals surface area contributed by atoms with E-state index in [1.807, 2.05) is 18.2 Å². The van der Waals surface area contributed by atoms with E-state index in [0.717, 1.165) is 19.6 Å². The van der Waals surface area contributed by atoms with Gasteiger partial charge in [-0.25, -0.2) is 0 Å². The Morgan fingerprint density at radius 1 is 0.303 bits per heavy atom. The molecule has 0 spiro atoms. The summed E-state index contributed by atoms with van der Waals surface area (Å²) in [5.41, 5.74) is 3.88. The van der Waals surface area contributed by atoms with Crippen LogP contribution in [0.4, 0.5) is 0 Å². The van der Waals surface area contributed by atoms with Crippen LogP contribution in [-0.2, 0) is 55.7 Å². The molecule has 0 aliphatic heterocycles. The van der Waals surface area contributed by atoms with Crippen molar-refractivity contribution in [1.82, 2.24) is 14.7 Å². The van der Waals surface area contributed by atoms with Crippen LogP contribution in [0.3, 0.4) is 0 Å². The molecule has 345 valence electrons. The summed E-state index contributed by atoms with van der Waals surface area (Å²) >= 11 is 0. The van der Waals surface area contributed by atoms with Crippen molar-refractivity contribution in [2.45, 2.75) is 0 Å². The molecule has 0 aliphatic rings. The molecule has 0 heterocycles. The Balaban J connectivity index is -0.000000710. The molecule has 0 aromatic heterocycles. The van der Waals surface area contributed by atoms with Gasteiger partial charge in [0.25, 0.3) is 0 Å². The topological polar surface area (TPSA) is 9.72 Å². The summed E-state index contributed by atoms with van der Waals surface area (Å²) in [5, 5.41) is 7.99. The van der Waals surface area contributed by atoms with Gasteiger partial charge in [0.05, 0.1) is 0 Å². The first kappa shape index (κ1) is 66.5. The van der Waals surface area contributed by atoms with Gasteiger partial charge in [0.15, 0.2) is 0 Å².